The molecule has 0 unspecified atom stereocenters. The molecule has 0 aromatic rings. The van der Waals surface area contributed by atoms with Crippen LogP contribution in [0.5, 0.6) is 0 Å². The van der Waals surface area contributed by atoms with Gasteiger partial charge in [-0.25, -0.2) is 4.79 Å². The third-order valence-electron chi connectivity index (χ3n) is 1.42. The van der Waals surface area contributed by atoms with Gasteiger partial charge < -0.3 is 4.74 Å². The van der Waals surface area contributed by atoms with E-state index in [2.05, 4.69) is 0 Å². The maximum atomic E-state index is 11.4. The molecule has 0 saturated carbocycles. The van der Waals surface area contributed by atoms with E-state index in [-0.39, 0.29) is 30.8 Å². The van der Waals surface area contributed by atoms with Gasteiger partial charge in [0, 0.05) is 0 Å². The molecule has 0 rings (SSSR count). The van der Waals surface area contributed by atoms with E-state index >= 15 is 0 Å². The van der Waals surface area contributed by atoms with Crippen LogP contribution in [0.25, 0.3) is 0 Å². The van der Waals surface area contributed by atoms with Crippen LogP contribution in [0.1, 0.15) is 41.5 Å². The molecule has 0 bridgehead atoms. The average molecular weight is 245 g/mol. The quantitative estimate of drug-likeness (QED) is 0.743. The van der Waals surface area contributed by atoms with Gasteiger partial charge in [0.2, 0.25) is 0 Å². The smallest absolute Gasteiger partial charge is 0.410 e. The van der Waals surface area contributed by atoms with Gasteiger partial charge in [-0.3, -0.25) is 14.5 Å². The zero-order valence-corrected chi connectivity index (χ0v) is 11.6. The fraction of sp³-hybridized carbons (Fsp3) is 0.750. The topological polar surface area (TPSA) is 63.7 Å². The predicted molar refractivity (Wildman–Crippen MR) is 65.9 cm³/mol. The van der Waals surface area contributed by atoms with Crippen LogP contribution in [0.4, 0.5) is 4.79 Å². The molecular formula is C12H23NO4. The molecule has 0 aromatic carbocycles. The second kappa shape index (κ2) is 9.81. The lowest BCUT2D eigenvalue weighted by molar-refractivity contribution is -0.120. The molecule has 17 heavy (non-hydrogen) atoms. The van der Waals surface area contributed by atoms with Gasteiger partial charge in [-0.15, -0.1) is 0 Å². The zero-order chi connectivity index (χ0) is 14.0. The molecule has 1 amide bonds. The number of rotatable bonds is 5. The van der Waals surface area contributed by atoms with Gasteiger partial charge in [0.1, 0.15) is 11.6 Å². The number of ketones is 2. The Hall–Kier alpha value is -1.39. The van der Waals surface area contributed by atoms with Crippen molar-refractivity contribution in [3.63, 3.8) is 0 Å². The van der Waals surface area contributed by atoms with Crippen molar-refractivity contribution in [2.45, 2.75) is 47.6 Å². The molecule has 100 valence electrons. The lowest BCUT2D eigenvalue weighted by Crippen LogP contribution is -2.39. The third-order valence-corrected chi connectivity index (χ3v) is 1.42. The van der Waals surface area contributed by atoms with E-state index in [9.17, 15) is 14.4 Å². The average Bonchev–Trinajstić information content (AvgIpc) is 2.17. The van der Waals surface area contributed by atoms with Gasteiger partial charge in [-0.05, 0) is 27.7 Å². The first-order valence-electron chi connectivity index (χ1n) is 5.77. The van der Waals surface area contributed by atoms with Gasteiger partial charge >= 0.3 is 6.09 Å². The molecule has 0 N–H and O–H groups in total. The van der Waals surface area contributed by atoms with Crippen molar-refractivity contribution in [1.82, 2.24) is 4.90 Å². The van der Waals surface area contributed by atoms with Gasteiger partial charge in [0.05, 0.1) is 19.2 Å². The van der Waals surface area contributed by atoms with Crippen molar-refractivity contribution < 1.29 is 19.1 Å². The standard InChI is InChI=1S/C10H17NO4.C2H6/c1-7(2)15-10(14)11(5-8(3)12)6-9(4)13;1-2/h7H,5-6H2,1-4H3;1-2H3. The normalized spacial score (nSPS) is 9.12. The Morgan fingerprint density at radius 2 is 1.35 bits per heavy atom. The van der Waals surface area contributed by atoms with Crippen molar-refractivity contribution in [2.75, 3.05) is 13.1 Å². The van der Waals surface area contributed by atoms with E-state index in [4.69, 9.17) is 4.74 Å². The van der Waals surface area contributed by atoms with Crippen LogP contribution in [0.2, 0.25) is 0 Å². The van der Waals surface area contributed by atoms with Crippen LogP contribution in [0.3, 0.4) is 0 Å². The number of hydrogen-bond donors (Lipinski definition) is 0. The Kier molecular flexibility index (Phi) is 10.4. The fourth-order valence-corrected chi connectivity index (χ4v) is 0.999. The lowest BCUT2D eigenvalue weighted by atomic mass is 10.3. The minimum atomic E-state index is -0.629. The summed E-state index contributed by atoms with van der Waals surface area (Å²) in [6.07, 6.45) is -0.894. The molecule has 0 saturated heterocycles. The van der Waals surface area contributed by atoms with Crippen molar-refractivity contribution in [2.24, 2.45) is 0 Å². The third kappa shape index (κ3) is 10.9. The van der Waals surface area contributed by atoms with Crippen LogP contribution < -0.4 is 0 Å². The summed E-state index contributed by atoms with van der Waals surface area (Å²) in [4.78, 5) is 34.3. The lowest BCUT2D eigenvalue weighted by Gasteiger charge is -2.20. The van der Waals surface area contributed by atoms with Crippen molar-refractivity contribution >= 4 is 17.7 Å². The molecular weight excluding hydrogens is 222 g/mol. The zero-order valence-electron chi connectivity index (χ0n) is 11.6. The van der Waals surface area contributed by atoms with Crippen LogP contribution in [0.15, 0.2) is 0 Å². The molecule has 5 heteroatoms. The first-order valence-corrected chi connectivity index (χ1v) is 5.77. The van der Waals surface area contributed by atoms with Crippen molar-refractivity contribution in [3.05, 3.63) is 0 Å². The van der Waals surface area contributed by atoms with Crippen LogP contribution in [-0.2, 0) is 14.3 Å². The highest BCUT2D eigenvalue weighted by Crippen LogP contribution is 1.99. The Morgan fingerprint density at radius 1 is 1.00 bits per heavy atom. The number of nitrogens with zero attached hydrogens (tertiary/aromatic N) is 1. The monoisotopic (exact) mass is 245 g/mol. The van der Waals surface area contributed by atoms with E-state index in [0.717, 1.165) is 4.90 Å². The van der Waals surface area contributed by atoms with Gasteiger partial charge in [0.15, 0.2) is 0 Å². The van der Waals surface area contributed by atoms with Crippen LogP contribution in [0, 0.1) is 0 Å². The van der Waals surface area contributed by atoms with Crippen LogP contribution in [-0.4, -0.2) is 41.8 Å². The van der Waals surface area contributed by atoms with Crippen molar-refractivity contribution in [1.29, 1.82) is 0 Å². The number of hydrogen-bond acceptors (Lipinski definition) is 4. The summed E-state index contributed by atoms with van der Waals surface area (Å²) >= 11 is 0. The predicted octanol–water partition coefficient (Wildman–Crippen LogP) is 2.04. The molecule has 0 aliphatic rings. The largest absolute Gasteiger partial charge is 0.447 e. The first-order chi connectivity index (χ1) is 7.82. The SMILES string of the molecule is CC.CC(=O)CN(CC(C)=O)C(=O)OC(C)C. The maximum Gasteiger partial charge on any atom is 0.410 e. The molecule has 0 radical (unpaired) electrons. The summed E-state index contributed by atoms with van der Waals surface area (Å²) < 4.78 is 4.90. The van der Waals surface area contributed by atoms with E-state index in [1.54, 1.807) is 13.8 Å². The molecule has 0 atom stereocenters. The Morgan fingerprint density at radius 3 is 1.59 bits per heavy atom. The summed E-state index contributed by atoms with van der Waals surface area (Å²) in [5.41, 5.74) is 0. The fourth-order valence-electron chi connectivity index (χ4n) is 0.999. The second-order valence-electron chi connectivity index (χ2n) is 3.69. The first kappa shape index (κ1) is 18.0. The molecule has 0 fully saturated rings. The van der Waals surface area contributed by atoms with E-state index < -0.39 is 6.09 Å². The highest BCUT2D eigenvalue weighted by molar-refractivity contribution is 5.86. The van der Waals surface area contributed by atoms with Gasteiger partial charge in [-0.2, -0.15) is 0 Å². The van der Waals surface area contributed by atoms with Crippen molar-refractivity contribution in [3.8, 4) is 0 Å². The van der Waals surface area contributed by atoms with E-state index in [0.29, 0.717) is 0 Å². The maximum absolute atomic E-state index is 11.4. The summed E-state index contributed by atoms with van der Waals surface area (Å²) in [7, 11) is 0. The molecule has 0 aliphatic carbocycles. The minimum absolute atomic E-state index is 0.0921. The highest BCUT2D eigenvalue weighted by Gasteiger charge is 2.19. The second-order valence-corrected chi connectivity index (χ2v) is 3.69. The minimum Gasteiger partial charge on any atom is -0.447 e. The molecule has 0 aromatic heterocycles. The molecule has 5 nitrogen and oxygen atoms in total. The van der Waals surface area contributed by atoms with E-state index in [1.807, 2.05) is 13.8 Å². The summed E-state index contributed by atoms with van der Waals surface area (Å²) in [5.74, 6) is -0.367. The molecule has 0 aliphatic heterocycles. The number of ether oxygens (including phenoxy) is 1. The molecule has 0 heterocycles. The van der Waals surface area contributed by atoms with Gasteiger partial charge in [0.25, 0.3) is 0 Å². The van der Waals surface area contributed by atoms with Crippen LogP contribution >= 0.6 is 0 Å². The number of Topliss-reactive ketones (excluding diaryl/α,β-unsaturated/α-hetero) is 2. The highest BCUT2D eigenvalue weighted by atomic mass is 16.6. The Bertz CT molecular complexity index is 245. The Balaban J connectivity index is 0. The number of amides is 1. The molecule has 0 spiro atoms. The Labute approximate surface area is 103 Å². The number of carbonyl (C=O) groups excluding carboxylic acids is 3. The summed E-state index contributed by atoms with van der Waals surface area (Å²) in [6.45, 7) is 9.94. The van der Waals surface area contributed by atoms with E-state index in [1.165, 1.54) is 13.8 Å². The summed E-state index contributed by atoms with van der Waals surface area (Å²) in [5, 5.41) is 0. The number of carbonyl (C=O) groups is 3. The van der Waals surface area contributed by atoms with Gasteiger partial charge in [-0.1, -0.05) is 13.8 Å². The summed E-state index contributed by atoms with van der Waals surface area (Å²) in [6, 6.07) is 0.